The summed E-state index contributed by atoms with van der Waals surface area (Å²) in [7, 11) is -2.27. The molecule has 0 saturated heterocycles. The van der Waals surface area contributed by atoms with Gasteiger partial charge in [0.25, 0.3) is 10.0 Å². The van der Waals surface area contributed by atoms with E-state index in [-0.39, 0.29) is 10.6 Å². The minimum atomic E-state index is -3.76. The Balaban J connectivity index is 2.35. The Bertz CT molecular complexity index is 756. The molecule has 1 aromatic carbocycles. The van der Waals surface area contributed by atoms with Crippen molar-refractivity contribution < 1.29 is 13.2 Å². The van der Waals surface area contributed by atoms with Crippen LogP contribution in [-0.4, -0.2) is 20.5 Å². The van der Waals surface area contributed by atoms with Crippen molar-refractivity contribution in [3.05, 3.63) is 41.6 Å². The standard InChI is InChI=1S/C14H17N3O3S/c1-9-6-12(15)13(7-10(9)2)21(18,19)17-11-4-5-14(20-3)16-8-11/h4-8,17H,15H2,1-3H3. The molecule has 3 N–H and O–H groups in total. The minimum absolute atomic E-state index is 0.0569. The largest absolute Gasteiger partial charge is 0.481 e. The van der Waals surface area contributed by atoms with Crippen LogP contribution in [0.15, 0.2) is 35.4 Å². The van der Waals surface area contributed by atoms with Crippen LogP contribution in [0.1, 0.15) is 11.1 Å². The van der Waals surface area contributed by atoms with Crippen LogP contribution < -0.4 is 15.2 Å². The van der Waals surface area contributed by atoms with Crippen LogP contribution in [0.25, 0.3) is 0 Å². The van der Waals surface area contributed by atoms with Crippen LogP contribution in [-0.2, 0) is 10.0 Å². The van der Waals surface area contributed by atoms with Gasteiger partial charge in [-0.25, -0.2) is 13.4 Å². The third kappa shape index (κ3) is 3.25. The van der Waals surface area contributed by atoms with Gasteiger partial charge in [-0.3, -0.25) is 4.72 Å². The molecule has 0 radical (unpaired) electrons. The fourth-order valence-electron chi connectivity index (χ4n) is 1.82. The lowest BCUT2D eigenvalue weighted by Gasteiger charge is -2.12. The van der Waals surface area contributed by atoms with Crippen molar-refractivity contribution in [3.63, 3.8) is 0 Å². The first-order chi connectivity index (χ1) is 9.83. The summed E-state index contributed by atoms with van der Waals surface area (Å²) in [4.78, 5) is 4.01. The first-order valence-corrected chi connectivity index (χ1v) is 7.71. The van der Waals surface area contributed by atoms with E-state index in [0.29, 0.717) is 11.6 Å². The Hall–Kier alpha value is -2.28. The lowest BCUT2D eigenvalue weighted by atomic mass is 10.1. The number of sulfonamides is 1. The van der Waals surface area contributed by atoms with Crippen LogP contribution in [0.5, 0.6) is 5.88 Å². The van der Waals surface area contributed by atoms with Gasteiger partial charge < -0.3 is 10.5 Å². The third-order valence-electron chi connectivity index (χ3n) is 3.11. The van der Waals surface area contributed by atoms with E-state index in [0.717, 1.165) is 11.1 Å². The van der Waals surface area contributed by atoms with Crippen molar-refractivity contribution in [2.75, 3.05) is 17.6 Å². The average molecular weight is 307 g/mol. The maximum absolute atomic E-state index is 12.4. The molecular weight excluding hydrogens is 290 g/mol. The van der Waals surface area contributed by atoms with Gasteiger partial charge in [-0.15, -0.1) is 0 Å². The molecule has 7 heteroatoms. The molecule has 0 aliphatic heterocycles. The number of aromatic nitrogens is 1. The van der Waals surface area contributed by atoms with Crippen LogP contribution in [0.3, 0.4) is 0 Å². The maximum Gasteiger partial charge on any atom is 0.264 e. The van der Waals surface area contributed by atoms with E-state index in [4.69, 9.17) is 10.5 Å². The zero-order valence-electron chi connectivity index (χ0n) is 12.0. The number of hydrogen-bond acceptors (Lipinski definition) is 5. The second-order valence-electron chi connectivity index (χ2n) is 4.67. The summed E-state index contributed by atoms with van der Waals surface area (Å²) in [6, 6.07) is 6.35. The Labute approximate surface area is 124 Å². The molecule has 6 nitrogen and oxygen atoms in total. The number of rotatable bonds is 4. The number of pyridine rings is 1. The summed E-state index contributed by atoms with van der Waals surface area (Å²) in [6.45, 7) is 3.71. The molecule has 0 fully saturated rings. The third-order valence-corrected chi connectivity index (χ3v) is 4.55. The molecule has 0 bridgehead atoms. The predicted molar refractivity (Wildman–Crippen MR) is 81.9 cm³/mol. The highest BCUT2D eigenvalue weighted by molar-refractivity contribution is 7.92. The first kappa shape index (κ1) is 15.1. The highest BCUT2D eigenvalue weighted by Crippen LogP contribution is 2.25. The van der Waals surface area contributed by atoms with Gasteiger partial charge in [0.05, 0.1) is 24.7 Å². The molecule has 0 unspecified atom stereocenters. The summed E-state index contributed by atoms with van der Waals surface area (Å²) in [5.74, 6) is 0.406. The Kier molecular flexibility index (Phi) is 4.04. The molecular formula is C14H17N3O3S. The lowest BCUT2D eigenvalue weighted by Crippen LogP contribution is -2.15. The van der Waals surface area contributed by atoms with E-state index in [1.54, 1.807) is 24.3 Å². The van der Waals surface area contributed by atoms with Gasteiger partial charge in [0.15, 0.2) is 0 Å². The number of benzene rings is 1. The van der Waals surface area contributed by atoms with Gasteiger partial charge in [-0.2, -0.15) is 0 Å². The summed E-state index contributed by atoms with van der Waals surface area (Å²) >= 11 is 0. The topological polar surface area (TPSA) is 94.3 Å². The number of anilines is 2. The average Bonchev–Trinajstić information content (AvgIpc) is 2.43. The number of nitrogens with zero attached hydrogens (tertiary/aromatic N) is 1. The Morgan fingerprint density at radius 1 is 1.19 bits per heavy atom. The number of nitrogens with two attached hydrogens (primary N) is 1. The van der Waals surface area contributed by atoms with Crippen molar-refractivity contribution in [1.29, 1.82) is 0 Å². The molecule has 2 rings (SSSR count). The molecule has 1 heterocycles. The SMILES string of the molecule is COc1ccc(NS(=O)(=O)c2cc(C)c(C)cc2N)cn1. The van der Waals surface area contributed by atoms with Crippen LogP contribution in [0.2, 0.25) is 0 Å². The summed E-state index contributed by atoms with van der Waals surface area (Å²) in [5, 5.41) is 0. The van der Waals surface area contributed by atoms with Gasteiger partial charge in [-0.05, 0) is 43.2 Å². The molecule has 2 aromatic rings. The molecule has 21 heavy (non-hydrogen) atoms. The fraction of sp³-hybridized carbons (Fsp3) is 0.214. The molecule has 0 amide bonds. The van der Waals surface area contributed by atoms with Gasteiger partial charge in [-0.1, -0.05) is 0 Å². The van der Waals surface area contributed by atoms with Gasteiger partial charge in [0.1, 0.15) is 4.90 Å². The predicted octanol–water partition coefficient (Wildman–Crippen LogP) is 2.09. The zero-order valence-corrected chi connectivity index (χ0v) is 12.9. The van der Waals surface area contributed by atoms with E-state index in [9.17, 15) is 8.42 Å². The Morgan fingerprint density at radius 2 is 1.86 bits per heavy atom. The number of hydrogen-bond donors (Lipinski definition) is 2. The number of ether oxygens (including phenoxy) is 1. The van der Waals surface area contributed by atoms with Crippen LogP contribution in [0.4, 0.5) is 11.4 Å². The second-order valence-corrected chi connectivity index (χ2v) is 6.32. The number of aryl methyl sites for hydroxylation is 2. The molecule has 1 aromatic heterocycles. The fourth-order valence-corrected chi connectivity index (χ4v) is 3.06. The quantitative estimate of drug-likeness (QED) is 0.843. The van der Waals surface area contributed by atoms with Crippen molar-refractivity contribution in [2.45, 2.75) is 18.7 Å². The van der Waals surface area contributed by atoms with Gasteiger partial charge >= 0.3 is 0 Å². The van der Waals surface area contributed by atoms with E-state index >= 15 is 0 Å². The molecule has 0 atom stereocenters. The summed E-state index contributed by atoms with van der Waals surface area (Å²) in [6.07, 6.45) is 1.38. The molecule has 112 valence electrons. The van der Waals surface area contributed by atoms with Crippen LogP contribution >= 0.6 is 0 Å². The zero-order chi connectivity index (χ0) is 15.6. The monoisotopic (exact) mass is 307 g/mol. The first-order valence-electron chi connectivity index (χ1n) is 6.23. The highest BCUT2D eigenvalue weighted by Gasteiger charge is 2.18. The van der Waals surface area contributed by atoms with Crippen molar-refractivity contribution >= 4 is 21.4 Å². The maximum atomic E-state index is 12.4. The molecule has 0 saturated carbocycles. The van der Waals surface area contributed by atoms with E-state index < -0.39 is 10.0 Å². The lowest BCUT2D eigenvalue weighted by molar-refractivity contribution is 0.398. The second kappa shape index (κ2) is 5.61. The Morgan fingerprint density at radius 3 is 2.43 bits per heavy atom. The minimum Gasteiger partial charge on any atom is -0.481 e. The van der Waals surface area contributed by atoms with Crippen molar-refractivity contribution in [2.24, 2.45) is 0 Å². The van der Waals surface area contributed by atoms with Gasteiger partial charge in [0.2, 0.25) is 5.88 Å². The van der Waals surface area contributed by atoms with Gasteiger partial charge in [0, 0.05) is 6.07 Å². The highest BCUT2D eigenvalue weighted by atomic mass is 32.2. The van der Waals surface area contributed by atoms with Crippen LogP contribution in [0, 0.1) is 13.8 Å². The molecule has 0 aliphatic rings. The number of nitrogens with one attached hydrogen (secondary N) is 1. The van der Waals surface area contributed by atoms with Crippen molar-refractivity contribution in [1.82, 2.24) is 4.98 Å². The van der Waals surface area contributed by atoms with Crippen molar-refractivity contribution in [3.8, 4) is 5.88 Å². The normalized spacial score (nSPS) is 11.2. The van der Waals surface area contributed by atoms with E-state index in [2.05, 4.69) is 9.71 Å². The smallest absolute Gasteiger partial charge is 0.264 e. The van der Waals surface area contributed by atoms with E-state index in [1.807, 2.05) is 13.8 Å². The number of nitrogen functional groups attached to an aromatic ring is 1. The van der Waals surface area contributed by atoms with E-state index in [1.165, 1.54) is 13.3 Å². The number of methoxy groups -OCH3 is 1. The molecule has 0 spiro atoms. The molecule has 0 aliphatic carbocycles. The summed E-state index contributed by atoms with van der Waals surface area (Å²) in [5.41, 5.74) is 8.18. The summed E-state index contributed by atoms with van der Waals surface area (Å²) < 4.78 is 32.2.